The van der Waals surface area contributed by atoms with Crippen LogP contribution in [-0.4, -0.2) is 30.4 Å². The van der Waals surface area contributed by atoms with E-state index in [2.05, 4.69) is 37.6 Å². The first-order valence-corrected chi connectivity index (χ1v) is 23.8. The molecule has 0 fully saturated rings. The van der Waals surface area contributed by atoms with Crippen LogP contribution >= 0.6 is 0 Å². The molecule has 1 amide bonds. The molecule has 0 aromatic carbocycles. The van der Waals surface area contributed by atoms with Gasteiger partial charge in [0.15, 0.2) is 0 Å². The van der Waals surface area contributed by atoms with Crippen molar-refractivity contribution in [3.63, 3.8) is 0 Å². The topological polar surface area (TPSA) is 32.3 Å². The zero-order chi connectivity index (χ0) is 37.1. The molecule has 0 heterocycles. The molecule has 0 atom stereocenters. The Morgan fingerprint density at radius 1 is 0.373 bits per heavy atom. The van der Waals surface area contributed by atoms with Gasteiger partial charge in [-0.25, -0.2) is 0 Å². The summed E-state index contributed by atoms with van der Waals surface area (Å²) in [4.78, 5) is 15.5. The monoisotopic (exact) mass is 717 g/mol. The van der Waals surface area contributed by atoms with Gasteiger partial charge in [0.05, 0.1) is 6.54 Å². The highest BCUT2D eigenvalue weighted by molar-refractivity contribution is 5.78. The van der Waals surface area contributed by atoms with Crippen molar-refractivity contribution in [1.82, 2.24) is 10.2 Å². The maximum atomic E-state index is 13.3. The van der Waals surface area contributed by atoms with Gasteiger partial charge in [-0.2, -0.15) is 0 Å². The molecule has 0 rings (SSSR count). The second-order valence-corrected chi connectivity index (χ2v) is 16.5. The average Bonchev–Trinajstić information content (AvgIpc) is 3.14. The first kappa shape index (κ1) is 50.0. The van der Waals surface area contributed by atoms with E-state index in [-0.39, 0.29) is 5.91 Å². The number of hydrogen-bond donors (Lipinski definition) is 1. The minimum absolute atomic E-state index is 0.279. The Morgan fingerprint density at radius 2 is 0.608 bits per heavy atom. The molecule has 3 heteroatoms. The van der Waals surface area contributed by atoms with Crippen molar-refractivity contribution in [3.8, 4) is 0 Å². The summed E-state index contributed by atoms with van der Waals surface area (Å²) in [5.41, 5.74) is 1.05. The third-order valence-electron chi connectivity index (χ3n) is 11.2. The van der Waals surface area contributed by atoms with Crippen LogP contribution in [0.25, 0.3) is 0 Å². The number of amides is 1. The Labute approximate surface area is 323 Å². The maximum absolute atomic E-state index is 13.3. The van der Waals surface area contributed by atoms with Crippen molar-refractivity contribution in [2.45, 2.75) is 271 Å². The number of hydrogen-bond acceptors (Lipinski definition) is 2. The highest BCUT2D eigenvalue weighted by Gasteiger charge is 2.13. The van der Waals surface area contributed by atoms with Gasteiger partial charge < -0.3 is 10.2 Å². The second kappa shape index (κ2) is 43.4. The Morgan fingerprint density at radius 3 is 0.882 bits per heavy atom. The van der Waals surface area contributed by atoms with Gasteiger partial charge >= 0.3 is 0 Å². The van der Waals surface area contributed by atoms with Crippen LogP contribution in [0, 0.1) is 0 Å². The third-order valence-corrected chi connectivity index (χ3v) is 11.2. The molecule has 304 valence electrons. The minimum atomic E-state index is 0.279. The molecule has 0 aliphatic carbocycles. The quantitative estimate of drug-likeness (QED) is 0.0637. The van der Waals surface area contributed by atoms with Gasteiger partial charge in [-0.3, -0.25) is 4.79 Å². The summed E-state index contributed by atoms with van der Waals surface area (Å²) in [6, 6.07) is 0. The van der Waals surface area contributed by atoms with Crippen LogP contribution in [-0.2, 0) is 4.79 Å². The summed E-state index contributed by atoms with van der Waals surface area (Å²) in [5, 5.41) is 3.39. The molecular formula is C48H96N2O. The first-order valence-electron chi connectivity index (χ1n) is 23.8. The van der Waals surface area contributed by atoms with Crippen LogP contribution < -0.4 is 5.32 Å². The fourth-order valence-electron chi connectivity index (χ4n) is 7.58. The zero-order valence-electron chi connectivity index (χ0n) is 35.8. The largest absolute Gasteiger partial charge is 0.380 e. The standard InChI is InChI=1S/C48H96N2O/c1-5-8-11-14-17-19-21-23-25-27-29-31-33-35-38-41-44-50(48(51)46-49-47(4)43-40-37-16-13-10-7-3)45-42-39-36-34-32-30-28-26-24-22-20-18-15-12-9-6-2/h49H,4-46H2,1-3H3. The van der Waals surface area contributed by atoms with Gasteiger partial charge in [0, 0.05) is 18.8 Å². The average molecular weight is 717 g/mol. The zero-order valence-corrected chi connectivity index (χ0v) is 35.8. The summed E-state index contributed by atoms with van der Waals surface area (Å²) < 4.78 is 0. The predicted octanol–water partition coefficient (Wildman–Crippen LogP) is 16.2. The van der Waals surface area contributed by atoms with Gasteiger partial charge in [0.2, 0.25) is 5.91 Å². The van der Waals surface area contributed by atoms with E-state index < -0.39 is 0 Å². The molecule has 0 bridgehead atoms. The van der Waals surface area contributed by atoms with Crippen molar-refractivity contribution in [2.24, 2.45) is 0 Å². The molecule has 0 aliphatic rings. The van der Waals surface area contributed by atoms with Crippen LogP contribution in [0.3, 0.4) is 0 Å². The van der Waals surface area contributed by atoms with Crippen LogP contribution in [0.1, 0.15) is 271 Å². The predicted molar refractivity (Wildman–Crippen MR) is 231 cm³/mol. The molecule has 1 N–H and O–H groups in total. The van der Waals surface area contributed by atoms with Crippen molar-refractivity contribution < 1.29 is 4.79 Å². The van der Waals surface area contributed by atoms with E-state index in [9.17, 15) is 4.79 Å². The van der Waals surface area contributed by atoms with Gasteiger partial charge in [0.25, 0.3) is 0 Å². The molecule has 0 radical (unpaired) electrons. The van der Waals surface area contributed by atoms with Crippen molar-refractivity contribution in [2.75, 3.05) is 19.6 Å². The Kier molecular flexibility index (Phi) is 42.6. The Balaban J connectivity index is 4.12. The first-order chi connectivity index (χ1) is 25.2. The molecule has 0 saturated carbocycles. The number of rotatable bonds is 44. The fraction of sp³-hybridized carbons (Fsp3) is 0.938. The number of carbonyl (C=O) groups is 1. The van der Waals surface area contributed by atoms with E-state index in [1.165, 1.54) is 231 Å². The molecular weight excluding hydrogens is 621 g/mol. The van der Waals surface area contributed by atoms with E-state index in [1.54, 1.807) is 0 Å². The number of nitrogens with zero attached hydrogens (tertiary/aromatic N) is 1. The van der Waals surface area contributed by atoms with E-state index >= 15 is 0 Å². The summed E-state index contributed by atoms with van der Waals surface area (Å²) in [6.45, 7) is 13.4. The molecule has 0 aliphatic heterocycles. The lowest BCUT2D eigenvalue weighted by Crippen LogP contribution is -2.39. The molecule has 0 saturated heterocycles. The van der Waals surface area contributed by atoms with Crippen LogP contribution in [0.2, 0.25) is 0 Å². The van der Waals surface area contributed by atoms with Gasteiger partial charge in [-0.15, -0.1) is 0 Å². The van der Waals surface area contributed by atoms with Gasteiger partial charge in [0.1, 0.15) is 0 Å². The summed E-state index contributed by atoms with van der Waals surface area (Å²) in [7, 11) is 0. The van der Waals surface area contributed by atoms with Crippen LogP contribution in [0.5, 0.6) is 0 Å². The van der Waals surface area contributed by atoms with Crippen molar-refractivity contribution in [1.29, 1.82) is 0 Å². The Hall–Kier alpha value is -0.990. The lowest BCUT2D eigenvalue weighted by Gasteiger charge is -2.24. The van der Waals surface area contributed by atoms with Crippen molar-refractivity contribution in [3.05, 3.63) is 12.3 Å². The number of unbranched alkanes of at least 4 members (excludes halogenated alkanes) is 35. The molecule has 3 nitrogen and oxygen atoms in total. The molecule has 0 aromatic rings. The van der Waals surface area contributed by atoms with E-state index in [1.807, 2.05) is 0 Å². The third kappa shape index (κ3) is 40.0. The number of carbonyl (C=O) groups excluding carboxylic acids is 1. The number of allylic oxidation sites excluding steroid dienone is 1. The smallest absolute Gasteiger partial charge is 0.241 e. The maximum Gasteiger partial charge on any atom is 0.241 e. The lowest BCUT2D eigenvalue weighted by atomic mass is 10.0. The minimum Gasteiger partial charge on any atom is -0.380 e. The fourth-order valence-corrected chi connectivity index (χ4v) is 7.58. The van der Waals surface area contributed by atoms with E-state index in [0.717, 1.165) is 38.0 Å². The van der Waals surface area contributed by atoms with Gasteiger partial charge in [-0.05, 0) is 25.7 Å². The van der Waals surface area contributed by atoms with Crippen molar-refractivity contribution >= 4 is 5.91 Å². The van der Waals surface area contributed by atoms with Crippen LogP contribution in [0.15, 0.2) is 12.3 Å². The summed E-state index contributed by atoms with van der Waals surface area (Å²) in [6.07, 6.45) is 53.2. The second-order valence-electron chi connectivity index (χ2n) is 16.5. The highest BCUT2D eigenvalue weighted by Crippen LogP contribution is 2.16. The van der Waals surface area contributed by atoms with E-state index in [0.29, 0.717) is 6.54 Å². The lowest BCUT2D eigenvalue weighted by molar-refractivity contribution is -0.130. The molecule has 0 aromatic heterocycles. The summed E-state index contributed by atoms with van der Waals surface area (Å²) >= 11 is 0. The SMILES string of the molecule is C=C(CCCCCCCC)NCC(=O)N(CCCCCCCCCCCCCCCCCC)CCCCCCCCCCCCCCCCCC. The summed E-state index contributed by atoms with van der Waals surface area (Å²) in [5.74, 6) is 0.279. The molecule has 51 heavy (non-hydrogen) atoms. The molecule has 0 spiro atoms. The highest BCUT2D eigenvalue weighted by atomic mass is 16.2. The normalized spacial score (nSPS) is 11.4. The molecule has 0 unspecified atom stereocenters. The Bertz CT molecular complexity index is 655. The van der Waals surface area contributed by atoms with Gasteiger partial charge in [-0.1, -0.05) is 252 Å². The number of nitrogens with one attached hydrogen (secondary N) is 1. The van der Waals surface area contributed by atoms with Crippen LogP contribution in [0.4, 0.5) is 0 Å². The van der Waals surface area contributed by atoms with E-state index in [4.69, 9.17) is 0 Å².